The molecular formula is C6H18O3S4. The van der Waals surface area contributed by atoms with Gasteiger partial charge in [-0.1, -0.05) is 21.6 Å². The van der Waals surface area contributed by atoms with Crippen molar-refractivity contribution in [3.63, 3.8) is 0 Å². The van der Waals surface area contributed by atoms with Gasteiger partial charge in [-0.3, -0.25) is 4.21 Å². The second-order valence-corrected chi connectivity index (χ2v) is 8.65. The van der Waals surface area contributed by atoms with Gasteiger partial charge in [-0.15, -0.1) is 0 Å². The van der Waals surface area contributed by atoms with Crippen LogP contribution in [0, 0.1) is 0 Å². The van der Waals surface area contributed by atoms with Crippen LogP contribution in [0.5, 0.6) is 0 Å². The van der Waals surface area contributed by atoms with Gasteiger partial charge in [-0.05, 0) is 12.5 Å². The molecule has 0 spiro atoms. The molecule has 13 heavy (non-hydrogen) atoms. The number of sulfone groups is 1. The molecule has 0 aliphatic heterocycles. The zero-order valence-electron chi connectivity index (χ0n) is 8.86. The van der Waals surface area contributed by atoms with Crippen molar-refractivity contribution in [2.45, 2.75) is 0 Å². The van der Waals surface area contributed by atoms with Crippen LogP contribution in [0.1, 0.15) is 0 Å². The molecule has 0 saturated carbocycles. The third-order valence-electron chi connectivity index (χ3n) is 0.167. The van der Waals surface area contributed by atoms with E-state index in [9.17, 15) is 12.6 Å². The molecule has 0 saturated heterocycles. The Morgan fingerprint density at radius 2 is 1.08 bits per heavy atom. The smallest absolute Gasteiger partial charge is 0.144 e. The second kappa shape index (κ2) is 12.8. The maximum Gasteiger partial charge on any atom is 0.144 e. The summed E-state index contributed by atoms with van der Waals surface area (Å²) in [5.41, 5.74) is 0. The summed E-state index contributed by atoms with van der Waals surface area (Å²) >= 11 is 0. The van der Waals surface area contributed by atoms with Crippen LogP contribution in [0.2, 0.25) is 0 Å². The SMILES string of the molecule is CS(C)(=O)=O.CS(C)=O.CSSC. The van der Waals surface area contributed by atoms with Crippen LogP contribution in [0.15, 0.2) is 0 Å². The molecule has 0 aliphatic rings. The first kappa shape index (κ1) is 19.4. The fourth-order valence-electron chi connectivity index (χ4n) is 0. The molecule has 0 fully saturated rings. The van der Waals surface area contributed by atoms with Crippen molar-refractivity contribution in [1.29, 1.82) is 0 Å². The Bertz CT molecular complexity index is 184. The maximum absolute atomic E-state index is 9.63. The average molecular weight is 266 g/mol. The molecule has 0 unspecified atom stereocenters. The molecule has 0 aromatic rings. The highest BCUT2D eigenvalue weighted by Crippen LogP contribution is 2.09. The Balaban J connectivity index is -0.000000117. The molecule has 0 bridgehead atoms. The first-order valence-electron chi connectivity index (χ1n) is 3.12. The molecule has 0 amide bonds. The van der Waals surface area contributed by atoms with Gasteiger partial charge in [0.2, 0.25) is 0 Å². The van der Waals surface area contributed by atoms with Gasteiger partial charge >= 0.3 is 0 Å². The lowest BCUT2D eigenvalue weighted by Gasteiger charge is -1.69. The Morgan fingerprint density at radius 3 is 1.08 bits per heavy atom. The van der Waals surface area contributed by atoms with E-state index < -0.39 is 20.6 Å². The standard InChI is InChI=1S/C2H6O2S.C2H6OS.C2H6S2/c1-5(2,3)4;1-4(2)3;1-3-4-2/h1-2H3;2*1-2H3. The van der Waals surface area contributed by atoms with Crippen molar-refractivity contribution in [3.8, 4) is 0 Å². The zero-order valence-corrected chi connectivity index (χ0v) is 12.1. The number of hydrogen-bond donors (Lipinski definition) is 0. The predicted molar refractivity (Wildman–Crippen MR) is 67.8 cm³/mol. The Hall–Kier alpha value is 0.800. The minimum absolute atomic E-state index is 0.611. The fourth-order valence-corrected chi connectivity index (χ4v) is 0. The Labute approximate surface area is 92.2 Å². The van der Waals surface area contributed by atoms with Gasteiger partial charge in [0.25, 0.3) is 0 Å². The Kier molecular flexibility index (Phi) is 19.1. The zero-order chi connectivity index (χ0) is 11.5. The molecule has 84 valence electrons. The first-order valence-corrected chi connectivity index (χ1v) is 10.3. The minimum Gasteiger partial charge on any atom is -0.260 e. The summed E-state index contributed by atoms with van der Waals surface area (Å²) in [4.78, 5) is 0. The molecule has 0 heterocycles. The third kappa shape index (κ3) is 461. The second-order valence-electron chi connectivity index (χ2n) is 2.22. The summed E-state index contributed by atoms with van der Waals surface area (Å²) in [6.45, 7) is 0. The normalized spacial score (nSPS) is 9.46. The van der Waals surface area contributed by atoms with Crippen LogP contribution in [-0.4, -0.2) is 50.2 Å². The molecule has 0 atom stereocenters. The lowest BCUT2D eigenvalue weighted by atomic mass is 11.9. The van der Waals surface area contributed by atoms with E-state index in [0.717, 1.165) is 12.5 Å². The summed E-state index contributed by atoms with van der Waals surface area (Å²) in [6, 6.07) is 0. The van der Waals surface area contributed by atoms with Gasteiger partial charge < -0.3 is 0 Å². The lowest BCUT2D eigenvalue weighted by molar-refractivity contribution is 0.607. The van der Waals surface area contributed by atoms with Crippen LogP contribution < -0.4 is 0 Å². The molecule has 0 aliphatic carbocycles. The van der Waals surface area contributed by atoms with E-state index in [-0.39, 0.29) is 0 Å². The highest BCUT2D eigenvalue weighted by Gasteiger charge is 1.79. The molecule has 3 nitrogen and oxygen atoms in total. The van der Waals surface area contributed by atoms with E-state index >= 15 is 0 Å². The summed E-state index contributed by atoms with van der Waals surface area (Å²) in [5, 5.41) is 0. The van der Waals surface area contributed by atoms with E-state index in [1.54, 1.807) is 34.1 Å². The number of rotatable bonds is 1. The van der Waals surface area contributed by atoms with Crippen LogP contribution in [0.25, 0.3) is 0 Å². The van der Waals surface area contributed by atoms with Crippen molar-refractivity contribution in [2.24, 2.45) is 0 Å². The van der Waals surface area contributed by atoms with Crippen molar-refractivity contribution in [3.05, 3.63) is 0 Å². The van der Waals surface area contributed by atoms with Gasteiger partial charge in [0, 0.05) is 35.8 Å². The van der Waals surface area contributed by atoms with Gasteiger partial charge in [0.05, 0.1) is 0 Å². The van der Waals surface area contributed by atoms with E-state index in [4.69, 9.17) is 0 Å². The monoisotopic (exact) mass is 266 g/mol. The van der Waals surface area contributed by atoms with Gasteiger partial charge in [0.1, 0.15) is 9.84 Å². The lowest BCUT2D eigenvalue weighted by Crippen LogP contribution is -1.86. The average Bonchev–Trinajstić information content (AvgIpc) is 1.82. The fraction of sp³-hybridized carbons (Fsp3) is 1.00. The van der Waals surface area contributed by atoms with Crippen LogP contribution in [0.4, 0.5) is 0 Å². The molecular weight excluding hydrogens is 248 g/mol. The molecule has 0 aromatic heterocycles. The van der Waals surface area contributed by atoms with E-state index in [1.807, 2.05) is 0 Å². The molecule has 0 radical (unpaired) electrons. The van der Waals surface area contributed by atoms with Crippen LogP contribution in [0.3, 0.4) is 0 Å². The van der Waals surface area contributed by atoms with E-state index in [1.165, 1.54) is 0 Å². The minimum atomic E-state index is -2.67. The number of hydrogen-bond acceptors (Lipinski definition) is 5. The van der Waals surface area contributed by atoms with Crippen molar-refractivity contribution >= 4 is 42.2 Å². The summed E-state index contributed by atoms with van der Waals surface area (Å²) in [5.74, 6) is 0. The van der Waals surface area contributed by atoms with E-state index in [0.29, 0.717) is 0 Å². The summed E-state index contributed by atoms with van der Waals surface area (Å²) in [7, 11) is 0.269. The highest BCUT2D eigenvalue weighted by atomic mass is 33.1. The van der Waals surface area contributed by atoms with E-state index in [2.05, 4.69) is 12.5 Å². The largest absolute Gasteiger partial charge is 0.260 e. The van der Waals surface area contributed by atoms with Crippen molar-refractivity contribution in [1.82, 2.24) is 0 Å². The predicted octanol–water partition coefficient (Wildman–Crippen LogP) is 1.28. The third-order valence-corrected chi connectivity index (χ3v) is 1.50. The quantitative estimate of drug-likeness (QED) is 0.669. The molecule has 7 heteroatoms. The Morgan fingerprint density at radius 1 is 1.00 bits per heavy atom. The molecule has 0 aromatic carbocycles. The topological polar surface area (TPSA) is 51.2 Å². The first-order chi connectivity index (χ1) is 5.65. The van der Waals surface area contributed by atoms with Gasteiger partial charge in [-0.2, -0.15) is 0 Å². The summed E-state index contributed by atoms with van der Waals surface area (Å²) < 4.78 is 28.8. The highest BCUT2D eigenvalue weighted by molar-refractivity contribution is 8.76. The van der Waals surface area contributed by atoms with Crippen molar-refractivity contribution < 1.29 is 12.6 Å². The molecule has 0 N–H and O–H groups in total. The molecule has 0 rings (SSSR count). The summed E-state index contributed by atoms with van der Waals surface area (Å²) in [6.07, 6.45) is 9.72. The van der Waals surface area contributed by atoms with Crippen molar-refractivity contribution in [2.75, 3.05) is 37.5 Å². The van der Waals surface area contributed by atoms with Crippen LogP contribution in [-0.2, 0) is 20.6 Å². The van der Waals surface area contributed by atoms with Crippen LogP contribution >= 0.6 is 21.6 Å². The van der Waals surface area contributed by atoms with Gasteiger partial charge in [0.15, 0.2) is 0 Å². The maximum atomic E-state index is 9.63. The van der Waals surface area contributed by atoms with Gasteiger partial charge in [-0.25, -0.2) is 8.42 Å².